The molecule has 0 heterocycles. The minimum atomic E-state index is -5.05. The Labute approximate surface area is 330 Å². The Bertz CT molecular complexity index is 870. The quantitative estimate of drug-likeness (QED) is 0.0607. The Morgan fingerprint density at radius 2 is 0.509 bits per heavy atom. The van der Waals surface area contributed by atoms with Crippen LogP contribution in [-0.4, -0.2) is 41.7 Å². The number of nitrogens with two attached hydrogens (primary N) is 4. The van der Waals surface area contributed by atoms with E-state index in [1.807, 2.05) is 0 Å². The fourth-order valence-corrected chi connectivity index (χ4v) is 5.01. The molecule has 0 aliphatic heterocycles. The van der Waals surface area contributed by atoms with Gasteiger partial charge in [0.25, 0.3) is 0 Å². The van der Waals surface area contributed by atoms with Gasteiger partial charge in [-0.1, -0.05) is 134 Å². The van der Waals surface area contributed by atoms with E-state index in [0.717, 1.165) is 0 Å². The number of rotatable bonds is 18. The van der Waals surface area contributed by atoms with Crippen molar-refractivity contribution in [1.82, 2.24) is 0 Å². The molecule has 0 atom stereocenters. The maximum Gasteiger partial charge on any atom is 0.478 e. The molecule has 0 saturated carbocycles. The van der Waals surface area contributed by atoms with Crippen LogP contribution in [0.2, 0.25) is 0 Å². The van der Waals surface area contributed by atoms with Crippen molar-refractivity contribution in [3.63, 3.8) is 0 Å². The molecule has 0 bridgehead atoms. The van der Waals surface area contributed by atoms with Crippen LogP contribution in [0.4, 0.5) is 0 Å². The Hall–Kier alpha value is 0.100. The summed E-state index contributed by atoms with van der Waals surface area (Å²) in [6.45, 7) is 43.8. The van der Waals surface area contributed by atoms with Crippen molar-refractivity contribution >= 4 is 15.6 Å². The summed E-state index contributed by atoms with van der Waals surface area (Å²) in [5.41, 5.74) is 25.1. The smallest absolute Gasteiger partial charge is 0.325 e. The zero-order valence-corrected chi connectivity index (χ0v) is 40.5. The monoisotopic (exact) mass is 807 g/mol. The van der Waals surface area contributed by atoms with Crippen molar-refractivity contribution in [3.05, 3.63) is 0 Å². The molecule has 0 rings (SSSR count). The van der Waals surface area contributed by atoms with E-state index in [1.54, 1.807) is 0 Å². The number of phosphoric acid groups is 2. The van der Waals surface area contributed by atoms with Gasteiger partial charge < -0.3 is 42.5 Å². The van der Waals surface area contributed by atoms with Gasteiger partial charge in [0.2, 0.25) is 0 Å². The summed E-state index contributed by atoms with van der Waals surface area (Å²) in [5, 5.41) is 0. The van der Waals surface area contributed by atoms with Crippen molar-refractivity contribution in [1.29, 1.82) is 0 Å². The molecule has 0 aliphatic rings. The van der Waals surface area contributed by atoms with Crippen molar-refractivity contribution < 1.29 is 33.0 Å². The normalized spacial score (nSPS) is 13.7. The van der Waals surface area contributed by atoms with Crippen LogP contribution in [0, 0.1) is 21.7 Å². The molecule has 0 radical (unpaired) electrons. The van der Waals surface area contributed by atoms with Gasteiger partial charge in [-0.25, -0.2) is 9.13 Å². The lowest BCUT2D eigenvalue weighted by Gasteiger charge is -2.38. The molecule has 11 nitrogen and oxygen atoms in total. The number of hydrogen-bond acceptors (Lipinski definition) is 7. The molecule has 12 N–H and O–H groups in total. The van der Waals surface area contributed by atoms with E-state index < -0.39 is 15.6 Å². The highest BCUT2D eigenvalue weighted by Crippen LogP contribution is 2.53. The van der Waals surface area contributed by atoms with Gasteiger partial charge in [-0.3, -0.25) is 0 Å². The highest BCUT2D eigenvalue weighted by molar-refractivity contribution is 7.60. The van der Waals surface area contributed by atoms with Gasteiger partial charge >= 0.3 is 15.6 Å². The Balaban J connectivity index is -0.000000181. The zero-order chi connectivity index (χ0) is 44.2. The zero-order valence-electron chi connectivity index (χ0n) is 38.7. The average molecular weight is 807 g/mol. The molecule has 0 amide bonds. The van der Waals surface area contributed by atoms with Crippen LogP contribution in [0.3, 0.4) is 0 Å². The van der Waals surface area contributed by atoms with Gasteiger partial charge in [-0.05, 0) is 103 Å². The Morgan fingerprint density at radius 3 is 0.566 bits per heavy atom. The summed E-state index contributed by atoms with van der Waals surface area (Å²) in [6, 6.07) is 0. The van der Waals surface area contributed by atoms with Gasteiger partial charge in [0.05, 0.1) is 0 Å². The van der Waals surface area contributed by atoms with Crippen LogP contribution in [0.5, 0.6) is 0 Å². The molecular weight excluding hydrogens is 710 g/mol. The van der Waals surface area contributed by atoms with Crippen LogP contribution in [0.15, 0.2) is 0 Å². The molecular formula is C40H96N4O7P2. The lowest BCUT2D eigenvalue weighted by Crippen LogP contribution is -2.47. The first kappa shape index (κ1) is 62.3. The van der Waals surface area contributed by atoms with E-state index >= 15 is 0 Å². The van der Waals surface area contributed by atoms with E-state index in [-0.39, 0.29) is 43.8 Å². The second kappa shape index (κ2) is 25.5. The number of hydrogen-bond donors (Lipinski definition) is 8. The largest absolute Gasteiger partial charge is 0.478 e. The summed E-state index contributed by atoms with van der Waals surface area (Å²) < 4.78 is 22.2. The summed E-state index contributed by atoms with van der Waals surface area (Å²) in [6.07, 6.45) is 15.1. The summed E-state index contributed by atoms with van der Waals surface area (Å²) in [7, 11) is -10.1. The van der Waals surface area contributed by atoms with Crippen LogP contribution < -0.4 is 22.9 Å². The fourth-order valence-electron chi connectivity index (χ4n) is 3.90. The van der Waals surface area contributed by atoms with Gasteiger partial charge in [0.15, 0.2) is 0 Å². The van der Waals surface area contributed by atoms with Gasteiger partial charge in [-0.15, -0.1) is 0 Å². The topological polar surface area (TPSA) is 228 Å². The van der Waals surface area contributed by atoms with Crippen LogP contribution in [0.1, 0.15) is 216 Å². The fraction of sp³-hybridized carbons (Fsp3) is 1.00. The molecule has 0 fully saturated rings. The molecule has 0 saturated heterocycles. The second-order valence-corrected chi connectivity index (χ2v) is 22.5. The van der Waals surface area contributed by atoms with E-state index in [2.05, 4.69) is 143 Å². The first-order chi connectivity index (χ1) is 22.9. The molecule has 0 aromatic carbocycles. The van der Waals surface area contributed by atoms with E-state index in [4.69, 9.17) is 42.5 Å². The standard InChI is InChI=1S/4C10H23N.H4O7P2/c4*1-6-7-8-9(2,3)10(4,5)11;1-8(2,3)7-9(4,5)6/h4*6-8,11H2,1-5H3;(H2,1,2,3)(H2,4,5,6). The average Bonchev–Trinajstić information content (AvgIpc) is 2.90. The molecule has 0 aliphatic carbocycles. The Morgan fingerprint density at radius 1 is 0.377 bits per heavy atom. The molecule has 0 aromatic rings. The van der Waals surface area contributed by atoms with Crippen molar-refractivity contribution in [2.45, 2.75) is 238 Å². The van der Waals surface area contributed by atoms with Crippen LogP contribution in [-0.2, 0) is 13.4 Å². The Kier molecular flexibility index (Phi) is 29.9. The maximum atomic E-state index is 9.63. The second-order valence-electron chi connectivity index (χ2n) is 19.9. The van der Waals surface area contributed by atoms with E-state index in [0.29, 0.717) is 0 Å². The molecule has 0 aromatic heterocycles. The van der Waals surface area contributed by atoms with Crippen molar-refractivity contribution in [3.8, 4) is 0 Å². The predicted octanol–water partition coefficient (Wildman–Crippen LogP) is 10.9. The van der Waals surface area contributed by atoms with Crippen LogP contribution in [0.25, 0.3) is 0 Å². The summed E-state index contributed by atoms with van der Waals surface area (Å²) in [4.78, 5) is 31.0. The summed E-state index contributed by atoms with van der Waals surface area (Å²) in [5.74, 6) is 0. The SMILES string of the molecule is CCCCC(C)(C)C(C)(C)N.CCCCC(C)(C)C(C)(C)N.CCCCC(C)(C)C(C)(C)N.CCCCC(C)(C)C(C)(C)N.O=P(O)(O)OP(=O)(O)O. The molecule has 0 spiro atoms. The lowest BCUT2D eigenvalue weighted by molar-refractivity contribution is 0.181. The molecule has 328 valence electrons. The highest BCUT2D eigenvalue weighted by atomic mass is 31.3. The third kappa shape index (κ3) is 33.9. The van der Waals surface area contributed by atoms with Gasteiger partial charge in [0.1, 0.15) is 0 Å². The first-order valence-electron chi connectivity index (χ1n) is 19.9. The third-order valence-corrected chi connectivity index (χ3v) is 13.5. The van der Waals surface area contributed by atoms with E-state index in [9.17, 15) is 9.13 Å². The highest BCUT2D eigenvalue weighted by Gasteiger charge is 2.34. The number of unbranched alkanes of at least 4 members (excludes halogenated alkanes) is 4. The summed E-state index contributed by atoms with van der Waals surface area (Å²) >= 11 is 0. The third-order valence-electron chi connectivity index (χ3n) is 11.8. The molecule has 0 unspecified atom stereocenters. The molecule has 13 heteroatoms. The minimum absolute atomic E-state index is 0.0534. The van der Waals surface area contributed by atoms with E-state index in [1.165, 1.54) is 77.0 Å². The van der Waals surface area contributed by atoms with Gasteiger partial charge in [0, 0.05) is 22.2 Å². The van der Waals surface area contributed by atoms with Gasteiger partial charge in [-0.2, -0.15) is 4.31 Å². The molecule has 53 heavy (non-hydrogen) atoms. The minimum Gasteiger partial charge on any atom is -0.325 e. The van der Waals surface area contributed by atoms with Crippen molar-refractivity contribution in [2.75, 3.05) is 0 Å². The maximum absolute atomic E-state index is 9.63. The first-order valence-corrected chi connectivity index (χ1v) is 23.0. The predicted molar refractivity (Wildman–Crippen MR) is 231 cm³/mol. The lowest BCUT2D eigenvalue weighted by atomic mass is 9.72. The van der Waals surface area contributed by atoms with Crippen molar-refractivity contribution in [2.24, 2.45) is 44.6 Å². The van der Waals surface area contributed by atoms with Crippen LogP contribution >= 0.6 is 15.6 Å².